The maximum Gasteiger partial charge on any atom is 0.332 e. The van der Waals surface area contributed by atoms with E-state index in [1.54, 1.807) is 38.1 Å². The maximum absolute atomic E-state index is 13.3. The quantitative estimate of drug-likeness (QED) is 0.390. The Morgan fingerprint density at radius 1 is 1.18 bits per heavy atom. The number of benzene rings is 1. The van der Waals surface area contributed by atoms with Crippen LogP contribution in [0.5, 0.6) is 11.5 Å². The number of hydrogen-bond donors (Lipinski definition) is 2. The van der Waals surface area contributed by atoms with Crippen molar-refractivity contribution in [2.75, 3.05) is 13.7 Å². The van der Waals surface area contributed by atoms with E-state index >= 15 is 0 Å². The fraction of sp³-hybridized carbons (Fsp3) is 0.423. The minimum Gasteiger partial charge on any atom is -0.503 e. The highest BCUT2D eigenvalue weighted by molar-refractivity contribution is 6.30. The fourth-order valence-electron chi connectivity index (χ4n) is 3.75. The number of hydrogen-bond acceptors (Lipinski definition) is 10. The van der Waals surface area contributed by atoms with Gasteiger partial charge in [0.15, 0.2) is 29.3 Å². The Morgan fingerprint density at radius 2 is 1.87 bits per heavy atom. The van der Waals surface area contributed by atoms with Gasteiger partial charge in [0.25, 0.3) is 5.91 Å². The minimum absolute atomic E-state index is 0.00194. The number of amides is 1. The summed E-state index contributed by atoms with van der Waals surface area (Å²) in [6, 6.07) is 6.67. The third-order valence-electron chi connectivity index (χ3n) is 5.86. The van der Waals surface area contributed by atoms with Gasteiger partial charge in [-0.2, -0.15) is 0 Å². The van der Waals surface area contributed by atoms with Gasteiger partial charge in [0.2, 0.25) is 0 Å². The van der Waals surface area contributed by atoms with Crippen molar-refractivity contribution < 1.29 is 43.2 Å². The number of rotatable bonds is 7. The van der Waals surface area contributed by atoms with Crippen molar-refractivity contribution in [3.8, 4) is 11.5 Å². The van der Waals surface area contributed by atoms with E-state index in [4.69, 9.17) is 30.5 Å². The van der Waals surface area contributed by atoms with Gasteiger partial charge in [0, 0.05) is 17.3 Å². The highest BCUT2D eigenvalue weighted by atomic mass is 35.5. The standard InChI is InChI=1S/C26H29ClN2O9/c1-13(2)24(32)38-22-14(3)37-26(34)18(29-23(31)20-21(30)19(35-4)9-10-28-20)12-36-25(33)17(22)11-15-5-7-16(27)8-6-15/h5-10,13-14,17-18,22,30H,11-12H2,1-4H3,(H,29,31)/t14-,17+,18-,22-/m0/s1. The lowest BCUT2D eigenvalue weighted by molar-refractivity contribution is -0.176. The molecule has 1 aliphatic rings. The summed E-state index contributed by atoms with van der Waals surface area (Å²) in [6.45, 7) is 4.18. The lowest BCUT2D eigenvalue weighted by atomic mass is 9.91. The number of cyclic esters (lactones) is 2. The van der Waals surface area contributed by atoms with E-state index < -0.39 is 72.0 Å². The van der Waals surface area contributed by atoms with Crippen molar-refractivity contribution in [3.63, 3.8) is 0 Å². The topological polar surface area (TPSA) is 150 Å². The average molecular weight is 549 g/mol. The van der Waals surface area contributed by atoms with E-state index in [0.29, 0.717) is 10.6 Å². The Morgan fingerprint density at radius 3 is 2.50 bits per heavy atom. The van der Waals surface area contributed by atoms with Crippen molar-refractivity contribution in [2.45, 2.75) is 45.4 Å². The van der Waals surface area contributed by atoms with Gasteiger partial charge in [-0.25, -0.2) is 9.78 Å². The molecule has 1 amide bonds. The molecule has 1 fully saturated rings. The lowest BCUT2D eigenvalue weighted by Crippen LogP contribution is -2.47. The van der Waals surface area contributed by atoms with E-state index in [9.17, 15) is 24.3 Å². The van der Waals surface area contributed by atoms with Gasteiger partial charge < -0.3 is 29.4 Å². The second-order valence-corrected chi connectivity index (χ2v) is 9.44. The molecule has 0 bridgehead atoms. The van der Waals surface area contributed by atoms with Crippen LogP contribution in [0.1, 0.15) is 36.8 Å². The number of halogens is 1. The summed E-state index contributed by atoms with van der Waals surface area (Å²) >= 11 is 5.97. The number of carbonyl (C=O) groups is 4. The number of methoxy groups -OCH3 is 1. The van der Waals surface area contributed by atoms with Crippen LogP contribution in [0.3, 0.4) is 0 Å². The van der Waals surface area contributed by atoms with Gasteiger partial charge in [-0.05, 0) is 31.0 Å². The van der Waals surface area contributed by atoms with Gasteiger partial charge in [-0.3, -0.25) is 14.4 Å². The first kappa shape index (κ1) is 28.7. The smallest absolute Gasteiger partial charge is 0.332 e. The number of esters is 3. The van der Waals surface area contributed by atoms with Gasteiger partial charge in [-0.1, -0.05) is 37.6 Å². The summed E-state index contributed by atoms with van der Waals surface area (Å²) in [7, 11) is 1.30. The first-order valence-corrected chi connectivity index (χ1v) is 12.2. The molecular formula is C26H29ClN2O9. The number of ether oxygens (including phenoxy) is 4. The van der Waals surface area contributed by atoms with Gasteiger partial charge in [-0.15, -0.1) is 0 Å². The van der Waals surface area contributed by atoms with Crippen LogP contribution in [0.4, 0.5) is 0 Å². The lowest BCUT2D eigenvalue weighted by Gasteiger charge is -2.29. The molecule has 0 radical (unpaired) electrons. The Bertz CT molecular complexity index is 1190. The molecule has 11 nitrogen and oxygen atoms in total. The molecule has 2 N–H and O–H groups in total. The zero-order valence-electron chi connectivity index (χ0n) is 21.3. The van der Waals surface area contributed by atoms with Crippen molar-refractivity contribution in [3.05, 3.63) is 52.8 Å². The van der Waals surface area contributed by atoms with Crippen LogP contribution in [0.2, 0.25) is 5.02 Å². The molecule has 38 heavy (non-hydrogen) atoms. The van der Waals surface area contributed by atoms with E-state index in [-0.39, 0.29) is 12.2 Å². The van der Waals surface area contributed by atoms with Crippen LogP contribution in [0.25, 0.3) is 0 Å². The zero-order valence-corrected chi connectivity index (χ0v) is 22.1. The second-order valence-electron chi connectivity index (χ2n) is 9.00. The SMILES string of the molecule is COc1ccnc(C(=O)N[C@H]2COC(=O)[C@H](Cc3ccc(Cl)cc3)[C@@H](OC(=O)C(C)C)[C@H](C)OC2=O)c1O. The van der Waals surface area contributed by atoms with E-state index in [1.165, 1.54) is 26.3 Å². The Balaban J connectivity index is 1.88. The van der Waals surface area contributed by atoms with Crippen LogP contribution in [0.15, 0.2) is 36.5 Å². The van der Waals surface area contributed by atoms with Crippen LogP contribution >= 0.6 is 11.6 Å². The molecule has 2 aromatic rings. The van der Waals surface area contributed by atoms with E-state index in [1.807, 2.05) is 0 Å². The second kappa shape index (κ2) is 12.6. The molecule has 3 rings (SSSR count). The average Bonchev–Trinajstić information content (AvgIpc) is 2.91. The van der Waals surface area contributed by atoms with Crippen molar-refractivity contribution >= 4 is 35.4 Å². The van der Waals surface area contributed by atoms with Crippen LogP contribution in [-0.2, 0) is 35.0 Å². The molecule has 0 spiro atoms. The summed E-state index contributed by atoms with van der Waals surface area (Å²) < 4.78 is 21.5. The molecule has 0 saturated carbocycles. The number of carbonyl (C=O) groups excluding carboxylic acids is 4. The first-order chi connectivity index (χ1) is 18.0. The predicted molar refractivity (Wildman–Crippen MR) is 134 cm³/mol. The molecule has 1 saturated heterocycles. The van der Waals surface area contributed by atoms with Crippen molar-refractivity contribution in [1.29, 1.82) is 0 Å². The zero-order chi connectivity index (χ0) is 28.0. The molecule has 1 aliphatic heterocycles. The number of nitrogens with one attached hydrogen (secondary N) is 1. The highest BCUT2D eigenvalue weighted by Crippen LogP contribution is 2.28. The summed E-state index contributed by atoms with van der Waals surface area (Å²) in [5.41, 5.74) is 0.310. The minimum atomic E-state index is -1.43. The van der Waals surface area contributed by atoms with Gasteiger partial charge >= 0.3 is 17.9 Å². The Kier molecular flexibility index (Phi) is 9.51. The molecule has 12 heteroatoms. The molecule has 4 atom stereocenters. The molecule has 1 aromatic carbocycles. The number of aromatic nitrogens is 1. The highest BCUT2D eigenvalue weighted by Gasteiger charge is 2.42. The van der Waals surface area contributed by atoms with Gasteiger partial charge in [0.1, 0.15) is 18.6 Å². The van der Waals surface area contributed by atoms with E-state index in [0.717, 1.165) is 0 Å². The number of nitrogens with zero attached hydrogens (tertiary/aromatic N) is 1. The Labute approximate surface area is 224 Å². The largest absolute Gasteiger partial charge is 0.503 e. The number of aromatic hydroxyl groups is 1. The third-order valence-corrected chi connectivity index (χ3v) is 6.11. The van der Waals surface area contributed by atoms with E-state index in [2.05, 4.69) is 10.3 Å². The number of pyridine rings is 1. The molecule has 204 valence electrons. The normalized spacial score (nSPS) is 21.8. The summed E-state index contributed by atoms with van der Waals surface area (Å²) in [5.74, 6) is -5.26. The molecule has 0 aliphatic carbocycles. The molecular weight excluding hydrogens is 520 g/mol. The summed E-state index contributed by atoms with van der Waals surface area (Å²) in [6.07, 6.45) is -0.898. The molecule has 2 heterocycles. The van der Waals surface area contributed by atoms with Crippen molar-refractivity contribution in [2.24, 2.45) is 11.8 Å². The van der Waals surface area contributed by atoms with Crippen LogP contribution in [-0.4, -0.2) is 65.9 Å². The first-order valence-electron chi connectivity index (χ1n) is 11.9. The van der Waals surface area contributed by atoms with Crippen LogP contribution in [0, 0.1) is 11.8 Å². The predicted octanol–water partition coefficient (Wildman–Crippen LogP) is 2.46. The summed E-state index contributed by atoms with van der Waals surface area (Å²) in [4.78, 5) is 55.4. The monoisotopic (exact) mass is 548 g/mol. The fourth-order valence-corrected chi connectivity index (χ4v) is 3.88. The maximum atomic E-state index is 13.3. The van der Waals surface area contributed by atoms with Gasteiger partial charge in [0.05, 0.1) is 13.0 Å². The third kappa shape index (κ3) is 6.91. The summed E-state index contributed by atoms with van der Waals surface area (Å²) in [5, 5.41) is 13.1. The van der Waals surface area contributed by atoms with Crippen LogP contribution < -0.4 is 10.1 Å². The molecule has 0 unspecified atom stereocenters. The Hall–Kier alpha value is -3.86. The van der Waals surface area contributed by atoms with Crippen molar-refractivity contribution in [1.82, 2.24) is 10.3 Å². The molecule has 1 aromatic heterocycles.